The van der Waals surface area contributed by atoms with Crippen LogP contribution in [0.3, 0.4) is 0 Å². The van der Waals surface area contributed by atoms with Gasteiger partial charge in [-0.3, -0.25) is 9.47 Å². The number of amides is 1. The van der Waals surface area contributed by atoms with Crippen molar-refractivity contribution in [2.75, 3.05) is 26.7 Å². The van der Waals surface area contributed by atoms with Gasteiger partial charge in [0.1, 0.15) is 12.7 Å². The van der Waals surface area contributed by atoms with Crippen LogP contribution in [0.5, 0.6) is 0 Å². The zero-order valence-electron chi connectivity index (χ0n) is 15.7. The molecule has 5 rings (SSSR count). The summed E-state index contributed by atoms with van der Waals surface area (Å²) in [5.41, 5.74) is 4.72. The van der Waals surface area contributed by atoms with E-state index in [0.717, 1.165) is 43.7 Å². The molecule has 2 aliphatic rings. The molecule has 1 amide bonds. The quantitative estimate of drug-likeness (QED) is 0.755. The number of H-pyrrole nitrogens is 1. The third kappa shape index (κ3) is 2.81. The Hall–Kier alpha value is -3.29. The minimum Gasteiger partial charge on any atom is -0.452 e. The van der Waals surface area contributed by atoms with E-state index < -0.39 is 0 Å². The number of nitrogens with zero attached hydrogens (tertiary/aromatic N) is 5. The molecular weight excluding hydrogens is 356 g/mol. The van der Waals surface area contributed by atoms with Crippen LogP contribution in [0.4, 0.5) is 4.79 Å². The largest absolute Gasteiger partial charge is 0.452 e. The standard InChI is InChI=1S/C20H22N6O2/c1-28-20(27)25-10-15-5-7-24(19(15)11-25)6-4-14-9-21-18-3-2-16(8-17(14)18)26-12-22-23-13-26/h2-3,8-9,11-13,15,21H,4-7,10H2,1H3. The van der Waals surface area contributed by atoms with E-state index in [-0.39, 0.29) is 6.09 Å². The van der Waals surface area contributed by atoms with Gasteiger partial charge in [-0.2, -0.15) is 0 Å². The number of ether oxygens (including phenoxy) is 1. The Bertz CT molecular complexity index is 1040. The Morgan fingerprint density at radius 3 is 3.00 bits per heavy atom. The molecule has 0 saturated carbocycles. The minimum atomic E-state index is -0.278. The maximum atomic E-state index is 11.8. The summed E-state index contributed by atoms with van der Waals surface area (Å²) in [6, 6.07) is 6.32. The molecule has 1 unspecified atom stereocenters. The lowest BCUT2D eigenvalue weighted by Crippen LogP contribution is -2.26. The molecule has 4 heterocycles. The highest BCUT2D eigenvalue weighted by Gasteiger charge is 2.36. The molecule has 1 atom stereocenters. The number of likely N-dealkylation sites (tertiary alicyclic amines) is 1. The molecule has 3 aromatic rings. The summed E-state index contributed by atoms with van der Waals surface area (Å²) in [6.07, 6.45) is 9.22. The summed E-state index contributed by atoms with van der Waals surface area (Å²) < 4.78 is 6.76. The van der Waals surface area contributed by atoms with Crippen LogP contribution in [0, 0.1) is 5.92 Å². The lowest BCUT2D eigenvalue weighted by atomic mass is 10.1. The molecule has 0 aliphatic carbocycles. The van der Waals surface area contributed by atoms with Gasteiger partial charge in [0, 0.05) is 60.2 Å². The highest BCUT2D eigenvalue weighted by Crippen LogP contribution is 2.34. The Labute approximate surface area is 162 Å². The maximum absolute atomic E-state index is 11.8. The first kappa shape index (κ1) is 16.9. The molecule has 0 spiro atoms. The average molecular weight is 378 g/mol. The van der Waals surface area contributed by atoms with Gasteiger partial charge >= 0.3 is 6.09 Å². The SMILES string of the molecule is COC(=O)N1C=C2C(CCN2CCc2c[nH]c3ccc(-n4cnnc4)cc23)C1. The van der Waals surface area contributed by atoms with Crippen LogP contribution in [0.1, 0.15) is 12.0 Å². The van der Waals surface area contributed by atoms with E-state index in [2.05, 4.69) is 44.5 Å². The fourth-order valence-corrected chi connectivity index (χ4v) is 4.28. The molecule has 0 radical (unpaired) electrons. The van der Waals surface area contributed by atoms with Crippen LogP contribution < -0.4 is 0 Å². The van der Waals surface area contributed by atoms with E-state index in [9.17, 15) is 4.79 Å². The first-order valence-electron chi connectivity index (χ1n) is 9.49. The van der Waals surface area contributed by atoms with E-state index in [1.165, 1.54) is 23.8 Å². The molecule has 1 fully saturated rings. The molecule has 2 aliphatic heterocycles. The van der Waals surface area contributed by atoms with Crippen molar-refractivity contribution in [3.05, 3.63) is 54.5 Å². The first-order valence-corrected chi connectivity index (χ1v) is 9.49. The highest BCUT2D eigenvalue weighted by atomic mass is 16.5. The Balaban J connectivity index is 1.34. The molecule has 2 aromatic heterocycles. The number of nitrogens with one attached hydrogen (secondary N) is 1. The molecule has 8 nitrogen and oxygen atoms in total. The minimum absolute atomic E-state index is 0.278. The third-order valence-corrected chi connectivity index (χ3v) is 5.76. The van der Waals surface area contributed by atoms with Gasteiger partial charge < -0.3 is 14.6 Å². The fraction of sp³-hybridized carbons (Fsp3) is 0.350. The van der Waals surface area contributed by atoms with Crippen molar-refractivity contribution in [1.29, 1.82) is 0 Å². The smallest absolute Gasteiger partial charge is 0.413 e. The van der Waals surface area contributed by atoms with Gasteiger partial charge in [-0.25, -0.2) is 4.79 Å². The molecule has 1 saturated heterocycles. The van der Waals surface area contributed by atoms with Crippen molar-refractivity contribution in [3.8, 4) is 5.69 Å². The van der Waals surface area contributed by atoms with Crippen LogP contribution in [0.25, 0.3) is 16.6 Å². The molecule has 0 bridgehead atoms. The van der Waals surface area contributed by atoms with Gasteiger partial charge in [0.2, 0.25) is 0 Å². The van der Waals surface area contributed by atoms with E-state index in [0.29, 0.717) is 5.92 Å². The third-order valence-electron chi connectivity index (χ3n) is 5.76. The summed E-state index contributed by atoms with van der Waals surface area (Å²) in [5, 5.41) is 9.00. The number of aromatic amines is 1. The van der Waals surface area contributed by atoms with Crippen molar-refractivity contribution in [1.82, 2.24) is 29.5 Å². The number of hydrogen-bond donors (Lipinski definition) is 1. The first-order chi connectivity index (χ1) is 13.7. The molecule has 1 N–H and O–H groups in total. The normalized spacial score (nSPS) is 18.6. The zero-order chi connectivity index (χ0) is 19.1. The summed E-state index contributed by atoms with van der Waals surface area (Å²) >= 11 is 0. The Kier molecular flexibility index (Phi) is 4.03. The summed E-state index contributed by atoms with van der Waals surface area (Å²) in [6.45, 7) is 2.70. The van der Waals surface area contributed by atoms with E-state index in [4.69, 9.17) is 4.74 Å². The topological polar surface area (TPSA) is 79.3 Å². The van der Waals surface area contributed by atoms with Crippen molar-refractivity contribution in [3.63, 3.8) is 0 Å². The molecular formula is C20H22N6O2. The number of rotatable bonds is 4. The lowest BCUT2D eigenvalue weighted by Gasteiger charge is -2.19. The van der Waals surface area contributed by atoms with Crippen LogP contribution in [-0.2, 0) is 11.2 Å². The number of fused-ring (bicyclic) bond motifs is 2. The monoisotopic (exact) mass is 378 g/mol. The van der Waals surface area contributed by atoms with Crippen molar-refractivity contribution < 1.29 is 9.53 Å². The van der Waals surface area contributed by atoms with E-state index in [1.807, 2.05) is 10.8 Å². The highest BCUT2D eigenvalue weighted by molar-refractivity contribution is 5.85. The van der Waals surface area contributed by atoms with Gasteiger partial charge in [-0.05, 0) is 36.6 Å². The second-order valence-corrected chi connectivity index (χ2v) is 7.31. The van der Waals surface area contributed by atoms with Gasteiger partial charge in [0.25, 0.3) is 0 Å². The number of aromatic nitrogens is 4. The van der Waals surface area contributed by atoms with E-state index in [1.54, 1.807) is 17.6 Å². The zero-order valence-corrected chi connectivity index (χ0v) is 15.7. The predicted molar refractivity (Wildman–Crippen MR) is 104 cm³/mol. The van der Waals surface area contributed by atoms with Crippen molar-refractivity contribution in [2.24, 2.45) is 5.92 Å². The Morgan fingerprint density at radius 1 is 1.32 bits per heavy atom. The lowest BCUT2D eigenvalue weighted by molar-refractivity contribution is 0.140. The van der Waals surface area contributed by atoms with E-state index >= 15 is 0 Å². The number of methoxy groups -OCH3 is 1. The molecule has 28 heavy (non-hydrogen) atoms. The Morgan fingerprint density at radius 2 is 2.18 bits per heavy atom. The van der Waals surface area contributed by atoms with Crippen LogP contribution >= 0.6 is 0 Å². The van der Waals surface area contributed by atoms with Gasteiger partial charge in [-0.1, -0.05) is 0 Å². The molecule has 1 aromatic carbocycles. The summed E-state index contributed by atoms with van der Waals surface area (Å²) in [5.74, 6) is 0.433. The number of benzene rings is 1. The maximum Gasteiger partial charge on any atom is 0.413 e. The van der Waals surface area contributed by atoms with Crippen molar-refractivity contribution >= 4 is 17.0 Å². The van der Waals surface area contributed by atoms with Gasteiger partial charge in [0.05, 0.1) is 7.11 Å². The summed E-state index contributed by atoms with van der Waals surface area (Å²) in [4.78, 5) is 19.2. The number of carbonyl (C=O) groups is 1. The van der Waals surface area contributed by atoms with Crippen molar-refractivity contribution in [2.45, 2.75) is 12.8 Å². The average Bonchev–Trinajstić information content (AvgIpc) is 3.49. The summed E-state index contributed by atoms with van der Waals surface area (Å²) in [7, 11) is 1.43. The number of hydrogen-bond acceptors (Lipinski definition) is 5. The molecule has 144 valence electrons. The second-order valence-electron chi connectivity index (χ2n) is 7.31. The van der Waals surface area contributed by atoms with Crippen LogP contribution in [-0.4, -0.2) is 62.4 Å². The van der Waals surface area contributed by atoms with Gasteiger partial charge in [-0.15, -0.1) is 10.2 Å². The van der Waals surface area contributed by atoms with Crippen LogP contribution in [0.15, 0.2) is 48.9 Å². The predicted octanol–water partition coefficient (Wildman–Crippen LogP) is 2.54. The second kappa shape index (κ2) is 6.70. The fourth-order valence-electron chi connectivity index (χ4n) is 4.28. The van der Waals surface area contributed by atoms with Crippen LogP contribution in [0.2, 0.25) is 0 Å². The molecule has 8 heteroatoms. The number of carbonyl (C=O) groups excluding carboxylic acids is 1. The van der Waals surface area contributed by atoms with Gasteiger partial charge in [0.15, 0.2) is 0 Å².